The Balaban J connectivity index is 2.08. The van der Waals surface area contributed by atoms with Gasteiger partial charge in [0.25, 0.3) is 0 Å². The number of anilines is 1. The molecule has 0 atom stereocenters. The third-order valence-corrected chi connectivity index (χ3v) is 5.41. The second-order valence-corrected chi connectivity index (χ2v) is 6.86. The highest BCUT2D eigenvalue weighted by Crippen LogP contribution is 2.33. The van der Waals surface area contributed by atoms with Crippen LogP contribution in [-0.2, 0) is 13.0 Å². The maximum Gasteiger partial charge on any atom is 0.185 e. The van der Waals surface area contributed by atoms with Crippen LogP contribution < -0.4 is 4.90 Å². The van der Waals surface area contributed by atoms with E-state index in [4.69, 9.17) is 4.98 Å². The molecule has 0 amide bonds. The fourth-order valence-electron chi connectivity index (χ4n) is 2.86. The van der Waals surface area contributed by atoms with E-state index in [1.807, 2.05) is 0 Å². The minimum Gasteiger partial charge on any atom is -0.391 e. The number of thiazole rings is 1. The number of aryl methyl sites for hydroxylation is 1. The van der Waals surface area contributed by atoms with E-state index >= 15 is 0 Å². The molecule has 1 heterocycles. The molecule has 108 valence electrons. The Morgan fingerprint density at radius 3 is 2.58 bits per heavy atom. The standard InChI is InChI=1S/C15H26N2OS/c1-4-5-13-14(10-18)19-15(16-13)17(3)12-8-6-11(2)7-9-12/h11-12,18H,4-10H2,1-3H3. The number of aromatic nitrogens is 1. The lowest BCUT2D eigenvalue weighted by Crippen LogP contribution is -2.34. The zero-order chi connectivity index (χ0) is 13.8. The maximum atomic E-state index is 9.44. The van der Waals surface area contributed by atoms with Crippen molar-refractivity contribution in [2.24, 2.45) is 5.92 Å². The lowest BCUT2D eigenvalue weighted by Gasteiger charge is -2.33. The molecule has 1 N–H and O–H groups in total. The fourth-order valence-corrected chi connectivity index (χ4v) is 3.86. The summed E-state index contributed by atoms with van der Waals surface area (Å²) >= 11 is 1.67. The molecule has 1 aromatic rings. The molecular formula is C15H26N2OS. The lowest BCUT2D eigenvalue weighted by molar-refractivity contribution is 0.284. The zero-order valence-corrected chi connectivity index (χ0v) is 13.2. The maximum absolute atomic E-state index is 9.44. The van der Waals surface area contributed by atoms with E-state index in [1.165, 1.54) is 25.7 Å². The number of hydrogen-bond donors (Lipinski definition) is 1. The number of rotatable bonds is 5. The Bertz CT molecular complexity index is 397. The number of aliphatic hydroxyl groups excluding tert-OH is 1. The summed E-state index contributed by atoms with van der Waals surface area (Å²) in [5, 5.41) is 10.5. The van der Waals surface area contributed by atoms with Crippen molar-refractivity contribution in [3.05, 3.63) is 10.6 Å². The van der Waals surface area contributed by atoms with Gasteiger partial charge in [-0.15, -0.1) is 0 Å². The molecule has 0 aliphatic heterocycles. The van der Waals surface area contributed by atoms with E-state index < -0.39 is 0 Å². The van der Waals surface area contributed by atoms with Gasteiger partial charge in [-0.05, 0) is 38.0 Å². The highest BCUT2D eigenvalue weighted by Gasteiger charge is 2.24. The quantitative estimate of drug-likeness (QED) is 0.896. The highest BCUT2D eigenvalue weighted by molar-refractivity contribution is 7.15. The van der Waals surface area contributed by atoms with Crippen LogP contribution in [0.15, 0.2) is 0 Å². The largest absolute Gasteiger partial charge is 0.391 e. The molecule has 0 saturated heterocycles. The summed E-state index contributed by atoms with van der Waals surface area (Å²) in [6.07, 6.45) is 7.26. The van der Waals surface area contributed by atoms with E-state index in [1.54, 1.807) is 11.3 Å². The summed E-state index contributed by atoms with van der Waals surface area (Å²) in [7, 11) is 2.16. The summed E-state index contributed by atoms with van der Waals surface area (Å²) in [4.78, 5) is 8.14. The summed E-state index contributed by atoms with van der Waals surface area (Å²) in [5.41, 5.74) is 1.10. The molecule has 0 aromatic carbocycles. The van der Waals surface area contributed by atoms with Crippen molar-refractivity contribution in [2.75, 3.05) is 11.9 Å². The molecule has 0 spiro atoms. The molecular weight excluding hydrogens is 256 g/mol. The van der Waals surface area contributed by atoms with Gasteiger partial charge in [-0.25, -0.2) is 4.98 Å². The van der Waals surface area contributed by atoms with Gasteiger partial charge in [0.1, 0.15) is 0 Å². The van der Waals surface area contributed by atoms with Gasteiger partial charge in [-0.2, -0.15) is 0 Å². The second-order valence-electron chi connectivity index (χ2n) is 5.80. The van der Waals surface area contributed by atoms with Gasteiger partial charge < -0.3 is 10.0 Å². The smallest absolute Gasteiger partial charge is 0.185 e. The third kappa shape index (κ3) is 3.48. The topological polar surface area (TPSA) is 36.4 Å². The SMILES string of the molecule is CCCc1nc(N(C)C2CCC(C)CC2)sc1CO. The van der Waals surface area contributed by atoms with Crippen LogP contribution in [0.1, 0.15) is 56.5 Å². The molecule has 2 rings (SSSR count). The molecule has 1 fully saturated rings. The molecule has 0 radical (unpaired) electrons. The van der Waals surface area contributed by atoms with Gasteiger partial charge in [0.2, 0.25) is 0 Å². The van der Waals surface area contributed by atoms with Crippen molar-refractivity contribution in [2.45, 2.75) is 65.0 Å². The number of hydrogen-bond acceptors (Lipinski definition) is 4. The molecule has 1 aliphatic carbocycles. The van der Waals surface area contributed by atoms with Crippen molar-refractivity contribution in [1.82, 2.24) is 4.98 Å². The van der Waals surface area contributed by atoms with Gasteiger partial charge in [-0.3, -0.25) is 0 Å². The van der Waals surface area contributed by atoms with E-state index in [0.717, 1.165) is 34.5 Å². The first-order valence-electron chi connectivity index (χ1n) is 7.48. The Morgan fingerprint density at radius 2 is 2.00 bits per heavy atom. The van der Waals surface area contributed by atoms with Crippen molar-refractivity contribution in [1.29, 1.82) is 0 Å². The van der Waals surface area contributed by atoms with Gasteiger partial charge >= 0.3 is 0 Å². The lowest BCUT2D eigenvalue weighted by atomic mass is 9.87. The van der Waals surface area contributed by atoms with Gasteiger partial charge in [0.15, 0.2) is 5.13 Å². The van der Waals surface area contributed by atoms with Crippen LogP contribution in [0.25, 0.3) is 0 Å². The fraction of sp³-hybridized carbons (Fsp3) is 0.800. The predicted molar refractivity (Wildman–Crippen MR) is 81.9 cm³/mol. The molecule has 1 aliphatic rings. The second kappa shape index (κ2) is 6.71. The number of nitrogens with zero attached hydrogens (tertiary/aromatic N) is 2. The van der Waals surface area contributed by atoms with Crippen LogP contribution >= 0.6 is 11.3 Å². The van der Waals surface area contributed by atoms with Crippen LogP contribution in [0, 0.1) is 5.92 Å². The summed E-state index contributed by atoms with van der Waals surface area (Å²) < 4.78 is 0. The molecule has 0 bridgehead atoms. The molecule has 0 unspecified atom stereocenters. The first-order chi connectivity index (χ1) is 9.15. The third-order valence-electron chi connectivity index (χ3n) is 4.23. The van der Waals surface area contributed by atoms with Gasteiger partial charge in [0, 0.05) is 13.1 Å². The average Bonchev–Trinajstić information content (AvgIpc) is 2.82. The highest BCUT2D eigenvalue weighted by atomic mass is 32.1. The van der Waals surface area contributed by atoms with Crippen LogP contribution in [0.4, 0.5) is 5.13 Å². The van der Waals surface area contributed by atoms with Crippen LogP contribution in [0.3, 0.4) is 0 Å². The van der Waals surface area contributed by atoms with Crippen molar-refractivity contribution in [3.63, 3.8) is 0 Å². The van der Waals surface area contributed by atoms with Gasteiger partial charge in [0.05, 0.1) is 17.2 Å². The Labute approximate surface area is 120 Å². The van der Waals surface area contributed by atoms with Crippen LogP contribution in [0.2, 0.25) is 0 Å². The van der Waals surface area contributed by atoms with Gasteiger partial charge in [-0.1, -0.05) is 31.6 Å². The minimum atomic E-state index is 0.128. The molecule has 3 nitrogen and oxygen atoms in total. The van der Waals surface area contributed by atoms with E-state index in [0.29, 0.717) is 6.04 Å². The average molecular weight is 282 g/mol. The Morgan fingerprint density at radius 1 is 1.32 bits per heavy atom. The predicted octanol–water partition coefficient (Wildman–Crippen LogP) is 3.60. The van der Waals surface area contributed by atoms with E-state index in [2.05, 4.69) is 25.8 Å². The normalized spacial score (nSPS) is 23.6. The number of aliphatic hydroxyl groups is 1. The summed E-state index contributed by atoms with van der Waals surface area (Å²) in [6, 6.07) is 0.628. The van der Waals surface area contributed by atoms with E-state index in [9.17, 15) is 5.11 Å². The van der Waals surface area contributed by atoms with Crippen molar-refractivity contribution >= 4 is 16.5 Å². The Hall–Kier alpha value is -0.610. The molecule has 1 aromatic heterocycles. The minimum absolute atomic E-state index is 0.128. The molecule has 1 saturated carbocycles. The van der Waals surface area contributed by atoms with E-state index in [-0.39, 0.29) is 6.61 Å². The summed E-state index contributed by atoms with van der Waals surface area (Å²) in [5.74, 6) is 0.879. The van der Waals surface area contributed by atoms with Crippen LogP contribution in [0.5, 0.6) is 0 Å². The Kier molecular flexibility index (Phi) is 5.22. The summed E-state index contributed by atoms with van der Waals surface area (Å²) in [6.45, 7) is 4.64. The van der Waals surface area contributed by atoms with Crippen molar-refractivity contribution in [3.8, 4) is 0 Å². The molecule has 4 heteroatoms. The molecule has 19 heavy (non-hydrogen) atoms. The first-order valence-corrected chi connectivity index (χ1v) is 8.29. The van der Waals surface area contributed by atoms with Crippen LogP contribution in [-0.4, -0.2) is 23.2 Å². The first kappa shape index (κ1) is 14.8. The monoisotopic (exact) mass is 282 g/mol. The zero-order valence-electron chi connectivity index (χ0n) is 12.4. The van der Waals surface area contributed by atoms with Crippen molar-refractivity contribution < 1.29 is 5.11 Å².